The molecule has 0 bridgehead atoms. The van der Waals surface area contributed by atoms with E-state index >= 15 is 0 Å². The van der Waals surface area contributed by atoms with Gasteiger partial charge in [0.15, 0.2) is 0 Å². The van der Waals surface area contributed by atoms with Gasteiger partial charge in [-0.15, -0.1) is 0 Å². The highest BCUT2D eigenvalue weighted by Crippen LogP contribution is 2.22. The molecule has 0 aromatic carbocycles. The lowest BCUT2D eigenvalue weighted by Crippen LogP contribution is -2.30. The maximum atomic E-state index is 11.4. The standard InChI is InChI=1S/C13H15N3O3S/c1-3-10-8(2)4-9(5-14)13(16-10)20-7-11(17)15-6-12(18)19/h4H,3,6-7H2,1-2H3,(H,15,17)(H,18,19). The van der Waals surface area contributed by atoms with Crippen molar-refractivity contribution in [3.05, 3.63) is 22.9 Å². The SMILES string of the molecule is CCc1nc(SCC(=O)NCC(=O)O)c(C#N)cc1C. The molecule has 0 radical (unpaired) electrons. The monoisotopic (exact) mass is 293 g/mol. The molecule has 6 nitrogen and oxygen atoms in total. The van der Waals surface area contributed by atoms with Gasteiger partial charge in [-0.2, -0.15) is 5.26 Å². The molecule has 0 aliphatic heterocycles. The van der Waals surface area contributed by atoms with Gasteiger partial charge >= 0.3 is 5.97 Å². The molecular formula is C13H15N3O3S. The molecule has 0 aliphatic rings. The highest BCUT2D eigenvalue weighted by atomic mass is 32.2. The lowest BCUT2D eigenvalue weighted by molar-refractivity contribution is -0.137. The first-order valence-corrected chi connectivity index (χ1v) is 6.98. The number of rotatable bonds is 6. The van der Waals surface area contributed by atoms with Gasteiger partial charge in [0.1, 0.15) is 17.6 Å². The third-order valence-electron chi connectivity index (χ3n) is 2.52. The molecule has 106 valence electrons. The van der Waals surface area contributed by atoms with E-state index in [1.54, 1.807) is 6.07 Å². The van der Waals surface area contributed by atoms with Gasteiger partial charge in [-0.25, -0.2) is 4.98 Å². The van der Waals surface area contributed by atoms with Gasteiger partial charge in [0.2, 0.25) is 5.91 Å². The Bertz CT molecular complexity index is 567. The molecule has 0 aliphatic carbocycles. The van der Waals surface area contributed by atoms with Gasteiger partial charge < -0.3 is 10.4 Å². The van der Waals surface area contributed by atoms with E-state index in [1.807, 2.05) is 13.8 Å². The van der Waals surface area contributed by atoms with Gasteiger partial charge in [0.25, 0.3) is 0 Å². The second-order valence-corrected chi connectivity index (χ2v) is 4.99. The van der Waals surface area contributed by atoms with Crippen molar-refractivity contribution in [1.82, 2.24) is 10.3 Å². The summed E-state index contributed by atoms with van der Waals surface area (Å²) >= 11 is 1.13. The quantitative estimate of drug-likeness (QED) is 0.762. The largest absolute Gasteiger partial charge is 0.480 e. The Hall–Kier alpha value is -2.07. The number of aryl methyl sites for hydroxylation is 2. The molecule has 1 aromatic heterocycles. The lowest BCUT2D eigenvalue weighted by atomic mass is 10.1. The number of carboxylic acids is 1. The molecule has 0 fully saturated rings. The molecule has 1 rings (SSSR count). The number of nitrogens with zero attached hydrogens (tertiary/aromatic N) is 2. The highest BCUT2D eigenvalue weighted by molar-refractivity contribution is 8.00. The molecule has 20 heavy (non-hydrogen) atoms. The van der Waals surface area contributed by atoms with Crippen molar-refractivity contribution in [2.24, 2.45) is 0 Å². The van der Waals surface area contributed by atoms with Crippen LogP contribution < -0.4 is 5.32 Å². The lowest BCUT2D eigenvalue weighted by Gasteiger charge is -2.08. The zero-order valence-electron chi connectivity index (χ0n) is 11.3. The second-order valence-electron chi connectivity index (χ2n) is 4.03. The summed E-state index contributed by atoms with van der Waals surface area (Å²) in [6.07, 6.45) is 0.746. The van der Waals surface area contributed by atoms with Crippen LogP contribution in [0.2, 0.25) is 0 Å². The van der Waals surface area contributed by atoms with E-state index < -0.39 is 18.4 Å². The Kier molecular flexibility index (Phi) is 6.00. The van der Waals surface area contributed by atoms with E-state index in [1.165, 1.54) is 0 Å². The minimum atomic E-state index is -1.09. The predicted octanol–water partition coefficient (Wildman–Crippen LogP) is 1.12. The number of pyridine rings is 1. The van der Waals surface area contributed by atoms with Gasteiger partial charge in [0, 0.05) is 5.69 Å². The van der Waals surface area contributed by atoms with Gasteiger partial charge in [0.05, 0.1) is 11.3 Å². The number of carboxylic acid groups (broad SMARTS) is 1. The fraction of sp³-hybridized carbons (Fsp3) is 0.385. The Morgan fingerprint density at radius 3 is 2.80 bits per heavy atom. The van der Waals surface area contributed by atoms with Crippen LogP contribution in [0.4, 0.5) is 0 Å². The van der Waals surface area contributed by atoms with Crippen LogP contribution in [0.15, 0.2) is 11.1 Å². The van der Waals surface area contributed by atoms with Crippen molar-refractivity contribution in [3.8, 4) is 6.07 Å². The van der Waals surface area contributed by atoms with Gasteiger partial charge in [-0.05, 0) is 25.0 Å². The molecular weight excluding hydrogens is 278 g/mol. The maximum Gasteiger partial charge on any atom is 0.322 e. The van der Waals surface area contributed by atoms with Crippen molar-refractivity contribution in [2.75, 3.05) is 12.3 Å². The molecule has 0 unspecified atom stereocenters. The van der Waals surface area contributed by atoms with Crippen molar-refractivity contribution in [3.63, 3.8) is 0 Å². The van der Waals surface area contributed by atoms with Crippen molar-refractivity contribution in [2.45, 2.75) is 25.3 Å². The Labute approximate surface area is 121 Å². The first-order chi connectivity index (χ1) is 9.47. The van der Waals surface area contributed by atoms with Crippen LogP contribution in [-0.2, 0) is 16.0 Å². The third kappa shape index (κ3) is 4.55. The number of thioether (sulfide) groups is 1. The average molecular weight is 293 g/mol. The zero-order chi connectivity index (χ0) is 15.1. The van der Waals surface area contributed by atoms with Gasteiger partial charge in [-0.1, -0.05) is 18.7 Å². The summed E-state index contributed by atoms with van der Waals surface area (Å²) in [5.74, 6) is -1.47. The highest BCUT2D eigenvalue weighted by Gasteiger charge is 2.11. The first kappa shape index (κ1) is 16.0. The fourth-order valence-electron chi connectivity index (χ4n) is 1.54. The van der Waals surface area contributed by atoms with Crippen LogP contribution in [0.5, 0.6) is 0 Å². The molecule has 0 atom stereocenters. The molecule has 7 heteroatoms. The molecule has 0 spiro atoms. The number of carbonyl (C=O) groups excluding carboxylic acids is 1. The molecule has 2 N–H and O–H groups in total. The summed E-state index contributed by atoms with van der Waals surface area (Å²) in [4.78, 5) is 26.1. The first-order valence-electron chi connectivity index (χ1n) is 5.99. The van der Waals surface area contributed by atoms with E-state index in [4.69, 9.17) is 10.4 Å². The van der Waals surface area contributed by atoms with Crippen LogP contribution in [0, 0.1) is 18.3 Å². The number of nitrogens with one attached hydrogen (secondary N) is 1. The number of hydrogen-bond donors (Lipinski definition) is 2. The number of amides is 1. The van der Waals surface area contributed by atoms with Crippen LogP contribution in [0.1, 0.15) is 23.7 Å². The minimum Gasteiger partial charge on any atom is -0.480 e. The maximum absolute atomic E-state index is 11.4. The number of carbonyl (C=O) groups is 2. The summed E-state index contributed by atoms with van der Waals surface area (Å²) < 4.78 is 0. The summed E-state index contributed by atoms with van der Waals surface area (Å²) in [5, 5.41) is 20.3. The molecule has 0 saturated heterocycles. The van der Waals surface area contributed by atoms with E-state index in [2.05, 4.69) is 16.4 Å². The zero-order valence-corrected chi connectivity index (χ0v) is 12.1. The number of nitriles is 1. The summed E-state index contributed by atoms with van der Waals surface area (Å²) in [6.45, 7) is 3.45. The minimum absolute atomic E-state index is 0.0289. The Morgan fingerprint density at radius 2 is 2.25 bits per heavy atom. The third-order valence-corrected chi connectivity index (χ3v) is 3.51. The van der Waals surface area contributed by atoms with E-state index in [0.29, 0.717) is 10.6 Å². The van der Waals surface area contributed by atoms with Crippen LogP contribution >= 0.6 is 11.8 Å². The van der Waals surface area contributed by atoms with Crippen LogP contribution in [0.3, 0.4) is 0 Å². The van der Waals surface area contributed by atoms with E-state index in [0.717, 1.165) is 29.4 Å². The summed E-state index contributed by atoms with van der Waals surface area (Å²) in [6, 6.07) is 3.81. The van der Waals surface area contributed by atoms with Crippen molar-refractivity contribution >= 4 is 23.6 Å². The smallest absolute Gasteiger partial charge is 0.322 e. The molecule has 1 amide bonds. The van der Waals surface area contributed by atoms with Crippen molar-refractivity contribution < 1.29 is 14.7 Å². The number of hydrogen-bond acceptors (Lipinski definition) is 5. The predicted molar refractivity (Wildman–Crippen MR) is 74.4 cm³/mol. The average Bonchev–Trinajstić information content (AvgIpc) is 2.43. The Balaban J connectivity index is 2.74. The normalized spacial score (nSPS) is 9.85. The second kappa shape index (κ2) is 7.50. The summed E-state index contributed by atoms with van der Waals surface area (Å²) in [7, 11) is 0. The van der Waals surface area contributed by atoms with Crippen LogP contribution in [0.25, 0.3) is 0 Å². The van der Waals surface area contributed by atoms with Gasteiger partial charge in [-0.3, -0.25) is 9.59 Å². The fourth-order valence-corrected chi connectivity index (χ4v) is 2.34. The van der Waals surface area contributed by atoms with Crippen molar-refractivity contribution in [1.29, 1.82) is 5.26 Å². The molecule has 0 saturated carbocycles. The molecule has 1 heterocycles. The topological polar surface area (TPSA) is 103 Å². The number of aromatic nitrogens is 1. The summed E-state index contributed by atoms with van der Waals surface area (Å²) in [5.41, 5.74) is 2.26. The Morgan fingerprint density at radius 1 is 1.55 bits per heavy atom. The van der Waals surface area contributed by atoms with E-state index in [-0.39, 0.29) is 5.75 Å². The van der Waals surface area contributed by atoms with Crippen LogP contribution in [-0.4, -0.2) is 34.3 Å². The number of aliphatic carboxylic acids is 1. The van der Waals surface area contributed by atoms with E-state index in [9.17, 15) is 9.59 Å². The molecule has 1 aromatic rings.